The van der Waals surface area contributed by atoms with Crippen LogP contribution in [0.25, 0.3) is 0 Å². The van der Waals surface area contributed by atoms with Gasteiger partial charge in [0.15, 0.2) is 0 Å². The van der Waals surface area contributed by atoms with Crippen molar-refractivity contribution in [2.45, 2.75) is 19.0 Å². The lowest BCUT2D eigenvalue weighted by atomic mass is 9.93. The first-order valence-corrected chi connectivity index (χ1v) is 7.33. The van der Waals surface area contributed by atoms with Gasteiger partial charge in [-0.1, -0.05) is 12.1 Å². The van der Waals surface area contributed by atoms with Gasteiger partial charge < -0.3 is 20.9 Å². The van der Waals surface area contributed by atoms with E-state index in [4.69, 9.17) is 0 Å². The molecule has 2 aliphatic heterocycles. The van der Waals surface area contributed by atoms with Crippen LogP contribution in [0.15, 0.2) is 18.2 Å². The summed E-state index contributed by atoms with van der Waals surface area (Å²) < 4.78 is 0. The molecule has 2 heterocycles. The van der Waals surface area contributed by atoms with Crippen molar-refractivity contribution in [3.63, 3.8) is 0 Å². The number of piperazine rings is 1. The van der Waals surface area contributed by atoms with Crippen molar-refractivity contribution >= 4 is 5.69 Å². The number of hydrogen-bond acceptors (Lipinski definition) is 4. The first-order chi connectivity index (χ1) is 9.38. The van der Waals surface area contributed by atoms with Crippen LogP contribution in [0.2, 0.25) is 0 Å². The Labute approximate surface area is 115 Å². The number of fused-ring (bicyclic) bond motifs is 1. The van der Waals surface area contributed by atoms with Gasteiger partial charge in [-0.15, -0.1) is 0 Å². The Morgan fingerprint density at radius 3 is 2.95 bits per heavy atom. The minimum Gasteiger partial charge on any atom is -0.369 e. The topological polar surface area (TPSA) is 39.3 Å². The van der Waals surface area contributed by atoms with Crippen molar-refractivity contribution < 1.29 is 0 Å². The fraction of sp³-hybridized carbons (Fsp3) is 0.600. The highest BCUT2D eigenvalue weighted by Crippen LogP contribution is 2.28. The molecule has 0 radical (unpaired) electrons. The van der Waals surface area contributed by atoms with Crippen molar-refractivity contribution in [3.05, 3.63) is 29.3 Å². The Hall–Kier alpha value is -1.10. The lowest BCUT2D eigenvalue weighted by Gasteiger charge is -2.35. The number of nitrogens with one attached hydrogen (secondary N) is 3. The first kappa shape index (κ1) is 12.9. The van der Waals surface area contributed by atoms with Crippen molar-refractivity contribution in [1.29, 1.82) is 0 Å². The minimum atomic E-state index is 0.557. The van der Waals surface area contributed by atoms with Gasteiger partial charge in [-0.25, -0.2) is 0 Å². The summed E-state index contributed by atoms with van der Waals surface area (Å²) in [7, 11) is 2.03. The van der Waals surface area contributed by atoms with Crippen LogP contribution in [0, 0.1) is 0 Å². The Morgan fingerprint density at radius 2 is 2.16 bits per heavy atom. The normalized spacial score (nSPS) is 23.2. The van der Waals surface area contributed by atoms with Gasteiger partial charge in [0.25, 0.3) is 0 Å². The van der Waals surface area contributed by atoms with E-state index >= 15 is 0 Å². The summed E-state index contributed by atoms with van der Waals surface area (Å²) in [5.41, 5.74) is 4.49. The van der Waals surface area contributed by atoms with E-state index in [1.54, 1.807) is 5.56 Å². The van der Waals surface area contributed by atoms with Crippen LogP contribution < -0.4 is 20.9 Å². The van der Waals surface area contributed by atoms with Gasteiger partial charge >= 0.3 is 0 Å². The summed E-state index contributed by atoms with van der Waals surface area (Å²) in [6.07, 6.45) is 1.14. The summed E-state index contributed by atoms with van der Waals surface area (Å²) in [5.74, 6) is 0. The van der Waals surface area contributed by atoms with Crippen molar-refractivity contribution in [1.82, 2.24) is 16.0 Å². The minimum absolute atomic E-state index is 0.557. The smallest absolute Gasteiger partial charge is 0.0403 e. The highest BCUT2D eigenvalue weighted by Gasteiger charge is 2.22. The Morgan fingerprint density at radius 1 is 1.32 bits per heavy atom. The van der Waals surface area contributed by atoms with E-state index < -0.39 is 0 Å². The molecule has 1 saturated heterocycles. The van der Waals surface area contributed by atoms with Crippen molar-refractivity contribution in [3.8, 4) is 0 Å². The molecule has 0 saturated carbocycles. The molecule has 0 aromatic heterocycles. The second kappa shape index (κ2) is 5.90. The molecular formula is C15H24N4. The third kappa shape index (κ3) is 2.76. The number of benzene rings is 1. The third-order valence-corrected chi connectivity index (χ3v) is 4.19. The van der Waals surface area contributed by atoms with Gasteiger partial charge in [0.1, 0.15) is 0 Å². The van der Waals surface area contributed by atoms with E-state index in [-0.39, 0.29) is 0 Å². The summed E-state index contributed by atoms with van der Waals surface area (Å²) in [4.78, 5) is 2.54. The zero-order valence-corrected chi connectivity index (χ0v) is 11.7. The molecule has 1 aromatic rings. The fourth-order valence-electron chi connectivity index (χ4n) is 3.19. The molecule has 1 fully saturated rings. The number of rotatable bonds is 3. The predicted octanol–water partition coefficient (Wildman–Crippen LogP) is 0.330. The summed E-state index contributed by atoms with van der Waals surface area (Å²) in [6, 6.07) is 7.33. The Bertz CT molecular complexity index is 426. The van der Waals surface area contributed by atoms with Gasteiger partial charge in [-0.05, 0) is 30.7 Å². The Balaban J connectivity index is 1.85. The van der Waals surface area contributed by atoms with Crippen LogP contribution in [0.1, 0.15) is 11.1 Å². The lowest BCUT2D eigenvalue weighted by Crippen LogP contribution is -2.46. The van der Waals surface area contributed by atoms with Crippen LogP contribution in [-0.2, 0) is 13.0 Å². The van der Waals surface area contributed by atoms with Gasteiger partial charge in [0.05, 0.1) is 0 Å². The van der Waals surface area contributed by atoms with E-state index in [9.17, 15) is 0 Å². The van der Waals surface area contributed by atoms with E-state index in [1.165, 1.54) is 11.3 Å². The highest BCUT2D eigenvalue weighted by atomic mass is 15.2. The van der Waals surface area contributed by atoms with Crippen LogP contribution in [0.4, 0.5) is 5.69 Å². The number of nitrogens with zero attached hydrogens (tertiary/aromatic N) is 1. The SMILES string of the molecule is CNCC1Cc2c(cccc2N2CCNCC2)CN1. The molecule has 0 bridgehead atoms. The van der Waals surface area contributed by atoms with Crippen molar-refractivity contribution in [2.24, 2.45) is 0 Å². The predicted molar refractivity (Wildman–Crippen MR) is 79.8 cm³/mol. The molecule has 0 spiro atoms. The molecule has 1 atom stereocenters. The van der Waals surface area contributed by atoms with Crippen molar-refractivity contribution in [2.75, 3.05) is 44.7 Å². The molecule has 0 amide bonds. The molecular weight excluding hydrogens is 236 g/mol. The molecule has 2 aliphatic rings. The van der Waals surface area contributed by atoms with Crippen LogP contribution in [-0.4, -0.2) is 45.8 Å². The molecule has 3 rings (SSSR count). The number of hydrogen-bond donors (Lipinski definition) is 3. The largest absolute Gasteiger partial charge is 0.369 e. The zero-order valence-electron chi connectivity index (χ0n) is 11.7. The molecule has 1 unspecified atom stereocenters. The maximum Gasteiger partial charge on any atom is 0.0403 e. The standard InChI is InChI=1S/C15H24N4/c1-16-11-13-9-14-12(10-18-13)3-2-4-15(14)19-7-5-17-6-8-19/h2-4,13,16-18H,5-11H2,1H3. The fourth-order valence-corrected chi connectivity index (χ4v) is 3.19. The number of anilines is 1. The summed E-state index contributed by atoms with van der Waals surface area (Å²) >= 11 is 0. The van der Waals surface area contributed by atoms with Crippen LogP contribution in [0.3, 0.4) is 0 Å². The maximum atomic E-state index is 3.61. The Kier molecular flexibility index (Phi) is 4.01. The molecule has 4 heteroatoms. The third-order valence-electron chi connectivity index (χ3n) is 4.19. The molecule has 3 N–H and O–H groups in total. The average Bonchev–Trinajstić information content (AvgIpc) is 2.48. The summed E-state index contributed by atoms with van der Waals surface area (Å²) in [5, 5.41) is 10.3. The molecule has 1 aromatic carbocycles. The zero-order chi connectivity index (χ0) is 13.1. The quantitative estimate of drug-likeness (QED) is 0.732. The van der Waals surface area contributed by atoms with E-state index in [0.29, 0.717) is 6.04 Å². The maximum absolute atomic E-state index is 3.61. The van der Waals surface area contributed by atoms with Gasteiger partial charge in [-0.3, -0.25) is 0 Å². The summed E-state index contributed by atoms with van der Waals surface area (Å²) in [6.45, 7) is 6.49. The van der Waals surface area contributed by atoms with E-state index in [2.05, 4.69) is 39.0 Å². The van der Waals surface area contributed by atoms with E-state index in [0.717, 1.165) is 45.7 Å². The van der Waals surface area contributed by atoms with Gasteiger partial charge in [-0.2, -0.15) is 0 Å². The molecule has 0 aliphatic carbocycles. The van der Waals surface area contributed by atoms with Gasteiger partial charge in [0, 0.05) is 51.0 Å². The average molecular weight is 260 g/mol. The molecule has 4 nitrogen and oxygen atoms in total. The monoisotopic (exact) mass is 260 g/mol. The molecule has 19 heavy (non-hydrogen) atoms. The highest BCUT2D eigenvalue weighted by molar-refractivity contribution is 5.58. The van der Waals surface area contributed by atoms with E-state index in [1.807, 2.05) is 7.05 Å². The molecule has 104 valence electrons. The lowest BCUT2D eigenvalue weighted by molar-refractivity contribution is 0.461. The second-order valence-electron chi connectivity index (χ2n) is 5.49. The van der Waals surface area contributed by atoms with Crippen LogP contribution in [0.5, 0.6) is 0 Å². The first-order valence-electron chi connectivity index (χ1n) is 7.33. The van der Waals surface area contributed by atoms with Gasteiger partial charge in [0.2, 0.25) is 0 Å². The second-order valence-corrected chi connectivity index (χ2v) is 5.49. The van der Waals surface area contributed by atoms with Crippen LogP contribution >= 0.6 is 0 Å². The number of likely N-dealkylation sites (N-methyl/N-ethyl adjacent to an activating group) is 1.